The fraction of sp³-hybridized carbons (Fsp3) is 0.0714. The molecule has 0 bridgehead atoms. The number of thioether (sulfide) groups is 1. The van der Waals surface area contributed by atoms with Gasteiger partial charge in [0.05, 0.1) is 22.7 Å². The number of methoxy groups -OCH3 is 1. The van der Waals surface area contributed by atoms with Crippen molar-refractivity contribution in [3.05, 3.63) is 106 Å². The Bertz CT molecular complexity index is 1480. The number of benzene rings is 4. The maximum atomic E-state index is 13.0. The summed E-state index contributed by atoms with van der Waals surface area (Å²) in [7, 11) is 1.56. The Balaban J connectivity index is 1.37. The van der Waals surface area contributed by atoms with Crippen LogP contribution in [0.3, 0.4) is 0 Å². The highest BCUT2D eigenvalue weighted by Crippen LogP contribution is 2.39. The van der Waals surface area contributed by atoms with E-state index >= 15 is 0 Å². The van der Waals surface area contributed by atoms with Gasteiger partial charge in [0, 0.05) is 0 Å². The lowest BCUT2D eigenvalue weighted by molar-refractivity contribution is -0.113. The van der Waals surface area contributed by atoms with Crippen LogP contribution in [-0.2, 0) is 11.4 Å². The van der Waals surface area contributed by atoms with Crippen LogP contribution in [0.2, 0.25) is 5.02 Å². The normalized spacial score (nSPS) is 14.7. The molecule has 1 fully saturated rings. The van der Waals surface area contributed by atoms with Crippen molar-refractivity contribution < 1.29 is 19.1 Å². The van der Waals surface area contributed by atoms with Crippen LogP contribution in [0.15, 0.2) is 89.8 Å². The molecule has 1 saturated heterocycles. The Hall–Kier alpha value is -3.74. The number of halogens is 1. The monoisotopic (exact) mass is 501 g/mol. The molecule has 0 N–H and O–H groups in total. The predicted octanol–water partition coefficient (Wildman–Crippen LogP) is 7.32. The second-order valence-electron chi connectivity index (χ2n) is 7.81. The van der Waals surface area contributed by atoms with Crippen molar-refractivity contribution in [2.75, 3.05) is 12.0 Å². The summed E-state index contributed by atoms with van der Waals surface area (Å²) in [5, 5.41) is 2.24. The van der Waals surface area contributed by atoms with E-state index in [0.717, 1.165) is 33.0 Å². The molecule has 0 atom stereocenters. The molecule has 4 aromatic rings. The molecule has 5 rings (SSSR count). The molecule has 0 radical (unpaired) electrons. The lowest BCUT2D eigenvalue weighted by Crippen LogP contribution is -2.27. The first-order valence-electron chi connectivity index (χ1n) is 10.8. The van der Waals surface area contributed by atoms with Gasteiger partial charge >= 0.3 is 0 Å². The second kappa shape index (κ2) is 9.86. The summed E-state index contributed by atoms with van der Waals surface area (Å²) >= 11 is 7.07. The average Bonchev–Trinajstić information content (AvgIpc) is 3.15. The van der Waals surface area contributed by atoms with Gasteiger partial charge in [0.1, 0.15) is 6.61 Å². The largest absolute Gasteiger partial charge is 0.493 e. The predicted molar refractivity (Wildman–Crippen MR) is 141 cm³/mol. The number of rotatable bonds is 6. The molecule has 5 nitrogen and oxygen atoms in total. The second-order valence-corrected chi connectivity index (χ2v) is 9.21. The van der Waals surface area contributed by atoms with Gasteiger partial charge in [-0.1, -0.05) is 72.3 Å². The smallest absolute Gasteiger partial charge is 0.298 e. The standard InChI is InChI=1S/C28H20ClNO4S/c1-33-25-15-18(16-26-27(31)30(28(32)35-26)23-12-5-4-11-22(23)29)13-14-24(25)34-17-20-9-6-8-19-7-2-3-10-21(19)20/h2-16H,17H2,1H3/b26-16-. The quantitative estimate of drug-likeness (QED) is 0.259. The van der Waals surface area contributed by atoms with Crippen molar-refractivity contribution in [2.45, 2.75) is 6.61 Å². The molecular formula is C28H20ClNO4S. The van der Waals surface area contributed by atoms with Gasteiger partial charge in [-0.05, 0) is 64.0 Å². The first-order chi connectivity index (χ1) is 17.0. The first-order valence-corrected chi connectivity index (χ1v) is 12.0. The molecule has 7 heteroatoms. The Labute approximate surface area is 211 Å². The molecule has 0 aromatic heterocycles. The summed E-state index contributed by atoms with van der Waals surface area (Å²) in [6.45, 7) is 0.383. The van der Waals surface area contributed by atoms with Crippen molar-refractivity contribution >= 4 is 57.0 Å². The van der Waals surface area contributed by atoms with E-state index < -0.39 is 11.1 Å². The van der Waals surface area contributed by atoms with Crippen LogP contribution < -0.4 is 14.4 Å². The van der Waals surface area contributed by atoms with Crippen LogP contribution in [0.5, 0.6) is 11.5 Å². The molecule has 174 valence electrons. The third kappa shape index (κ3) is 4.63. The van der Waals surface area contributed by atoms with Crippen molar-refractivity contribution in [1.82, 2.24) is 0 Å². The zero-order valence-electron chi connectivity index (χ0n) is 18.7. The van der Waals surface area contributed by atoms with Gasteiger partial charge < -0.3 is 9.47 Å². The number of hydrogen-bond donors (Lipinski definition) is 0. The Morgan fingerprint density at radius 3 is 2.51 bits per heavy atom. The van der Waals surface area contributed by atoms with Crippen LogP contribution in [0.25, 0.3) is 16.8 Å². The van der Waals surface area contributed by atoms with E-state index in [1.54, 1.807) is 49.6 Å². The molecule has 0 unspecified atom stereocenters. The molecule has 1 heterocycles. The van der Waals surface area contributed by atoms with Gasteiger partial charge in [0.15, 0.2) is 11.5 Å². The number of carbonyl (C=O) groups is 2. The van der Waals surface area contributed by atoms with Crippen LogP contribution in [-0.4, -0.2) is 18.3 Å². The summed E-state index contributed by atoms with van der Waals surface area (Å²) < 4.78 is 11.6. The molecule has 2 amide bonds. The summed E-state index contributed by atoms with van der Waals surface area (Å²) in [6, 6.07) is 26.5. The van der Waals surface area contributed by atoms with Crippen molar-refractivity contribution in [2.24, 2.45) is 0 Å². The van der Waals surface area contributed by atoms with Gasteiger partial charge in [-0.25, -0.2) is 4.90 Å². The van der Waals surface area contributed by atoms with Gasteiger partial charge in [-0.15, -0.1) is 0 Å². The Morgan fingerprint density at radius 1 is 0.914 bits per heavy atom. The number of anilines is 1. The first kappa shape index (κ1) is 23.0. The molecule has 0 saturated carbocycles. The highest BCUT2D eigenvalue weighted by molar-refractivity contribution is 8.19. The number of amides is 2. The maximum Gasteiger partial charge on any atom is 0.298 e. The minimum Gasteiger partial charge on any atom is -0.493 e. The third-order valence-corrected chi connectivity index (χ3v) is 6.82. The number of para-hydroxylation sites is 1. The fourth-order valence-electron chi connectivity index (χ4n) is 3.93. The number of hydrogen-bond acceptors (Lipinski definition) is 5. The van der Waals surface area contributed by atoms with Crippen LogP contribution in [0, 0.1) is 0 Å². The zero-order valence-corrected chi connectivity index (χ0v) is 20.3. The summed E-state index contributed by atoms with van der Waals surface area (Å²) in [6.07, 6.45) is 1.67. The minimum atomic E-state index is -0.414. The van der Waals surface area contributed by atoms with Gasteiger partial charge in [0.2, 0.25) is 0 Å². The van der Waals surface area contributed by atoms with E-state index in [2.05, 4.69) is 18.2 Å². The van der Waals surface area contributed by atoms with Crippen molar-refractivity contribution in [3.63, 3.8) is 0 Å². The molecule has 35 heavy (non-hydrogen) atoms. The van der Waals surface area contributed by atoms with Crippen LogP contribution in [0.1, 0.15) is 11.1 Å². The molecule has 1 aliphatic rings. The highest BCUT2D eigenvalue weighted by atomic mass is 35.5. The number of fused-ring (bicyclic) bond motifs is 1. The van der Waals surface area contributed by atoms with Gasteiger partial charge in [-0.2, -0.15) is 0 Å². The average molecular weight is 502 g/mol. The van der Waals surface area contributed by atoms with Gasteiger partial charge in [-0.3, -0.25) is 9.59 Å². The Morgan fingerprint density at radius 2 is 1.69 bits per heavy atom. The number of ether oxygens (including phenoxy) is 2. The lowest BCUT2D eigenvalue weighted by Gasteiger charge is -2.14. The van der Waals surface area contributed by atoms with E-state index in [1.807, 2.05) is 30.3 Å². The number of imide groups is 1. The maximum absolute atomic E-state index is 13.0. The molecule has 0 spiro atoms. The van der Waals surface area contributed by atoms with E-state index in [0.29, 0.717) is 39.3 Å². The topological polar surface area (TPSA) is 55.8 Å². The van der Waals surface area contributed by atoms with E-state index in [-0.39, 0.29) is 0 Å². The SMILES string of the molecule is COc1cc(/C=C2\SC(=O)N(c3ccccc3Cl)C2=O)ccc1OCc1cccc2ccccc12. The molecular weight excluding hydrogens is 482 g/mol. The number of carbonyl (C=O) groups excluding carboxylic acids is 2. The lowest BCUT2D eigenvalue weighted by atomic mass is 10.1. The summed E-state index contributed by atoms with van der Waals surface area (Å²) in [4.78, 5) is 26.9. The summed E-state index contributed by atoms with van der Waals surface area (Å²) in [5.74, 6) is 0.703. The molecule has 1 aliphatic heterocycles. The van der Waals surface area contributed by atoms with Crippen molar-refractivity contribution in [3.8, 4) is 11.5 Å². The fourth-order valence-corrected chi connectivity index (χ4v) is 4.98. The van der Waals surface area contributed by atoms with Crippen LogP contribution in [0.4, 0.5) is 10.5 Å². The molecule has 4 aromatic carbocycles. The minimum absolute atomic E-state index is 0.307. The van der Waals surface area contributed by atoms with E-state index in [9.17, 15) is 9.59 Å². The van der Waals surface area contributed by atoms with E-state index in [1.165, 1.54) is 0 Å². The zero-order chi connectivity index (χ0) is 24.4. The highest BCUT2D eigenvalue weighted by Gasteiger charge is 2.37. The van der Waals surface area contributed by atoms with E-state index in [4.69, 9.17) is 21.1 Å². The number of nitrogens with zero attached hydrogens (tertiary/aromatic N) is 1. The molecule has 0 aliphatic carbocycles. The van der Waals surface area contributed by atoms with Crippen molar-refractivity contribution in [1.29, 1.82) is 0 Å². The summed E-state index contributed by atoms with van der Waals surface area (Å²) in [5.41, 5.74) is 2.15. The van der Waals surface area contributed by atoms with Gasteiger partial charge in [0.25, 0.3) is 11.1 Å². The van der Waals surface area contributed by atoms with Crippen LogP contribution >= 0.6 is 23.4 Å². The third-order valence-electron chi connectivity index (χ3n) is 5.64. The Kier molecular flexibility index (Phi) is 6.49.